The lowest BCUT2D eigenvalue weighted by Crippen LogP contribution is -2.13. The van der Waals surface area contributed by atoms with E-state index in [-0.39, 0.29) is 5.91 Å². The Hall–Kier alpha value is -3.07. The minimum Gasteiger partial charge on any atom is -0.489 e. The first kappa shape index (κ1) is 18.3. The van der Waals surface area contributed by atoms with E-state index in [1.165, 1.54) is 24.0 Å². The van der Waals surface area contributed by atoms with Crippen LogP contribution in [0, 0.1) is 13.8 Å². The number of benzene rings is 3. The molecule has 0 atom stereocenters. The van der Waals surface area contributed by atoms with Crippen molar-refractivity contribution in [3.63, 3.8) is 0 Å². The zero-order valence-electron chi connectivity index (χ0n) is 16.4. The van der Waals surface area contributed by atoms with Gasteiger partial charge in [-0.05, 0) is 91.3 Å². The van der Waals surface area contributed by atoms with Gasteiger partial charge in [0.05, 0.1) is 0 Å². The van der Waals surface area contributed by atoms with Gasteiger partial charge in [-0.15, -0.1) is 0 Å². The summed E-state index contributed by atoms with van der Waals surface area (Å²) in [6.45, 7) is 4.56. The van der Waals surface area contributed by atoms with Gasteiger partial charge in [0.15, 0.2) is 0 Å². The van der Waals surface area contributed by atoms with Crippen LogP contribution < -0.4 is 10.1 Å². The number of ether oxygens (including phenoxy) is 1. The van der Waals surface area contributed by atoms with Gasteiger partial charge in [0, 0.05) is 11.3 Å². The Morgan fingerprint density at radius 2 is 1.75 bits per heavy atom. The molecule has 142 valence electrons. The van der Waals surface area contributed by atoms with Gasteiger partial charge in [-0.25, -0.2) is 0 Å². The quantitative estimate of drug-likeness (QED) is 0.632. The van der Waals surface area contributed by atoms with E-state index in [0.29, 0.717) is 12.2 Å². The van der Waals surface area contributed by atoms with Crippen LogP contribution in [0.25, 0.3) is 0 Å². The third-order valence-corrected chi connectivity index (χ3v) is 5.54. The van der Waals surface area contributed by atoms with Gasteiger partial charge in [0.1, 0.15) is 12.4 Å². The summed E-state index contributed by atoms with van der Waals surface area (Å²) in [7, 11) is 0. The van der Waals surface area contributed by atoms with Crippen molar-refractivity contribution in [3.05, 3.63) is 94.0 Å². The topological polar surface area (TPSA) is 38.3 Å². The highest BCUT2D eigenvalue weighted by atomic mass is 16.5. The Labute approximate surface area is 166 Å². The van der Waals surface area contributed by atoms with E-state index >= 15 is 0 Å². The van der Waals surface area contributed by atoms with Crippen molar-refractivity contribution in [1.82, 2.24) is 0 Å². The number of hydrogen-bond donors (Lipinski definition) is 1. The molecule has 1 amide bonds. The highest BCUT2D eigenvalue weighted by molar-refractivity contribution is 6.04. The van der Waals surface area contributed by atoms with Crippen LogP contribution in [0.5, 0.6) is 5.75 Å². The lowest BCUT2D eigenvalue weighted by Gasteiger charge is -2.11. The maximum absolute atomic E-state index is 12.5. The highest BCUT2D eigenvalue weighted by Gasteiger charge is 2.12. The molecule has 0 bridgehead atoms. The van der Waals surface area contributed by atoms with E-state index < -0.39 is 0 Å². The normalized spacial score (nSPS) is 12.5. The van der Waals surface area contributed by atoms with Crippen molar-refractivity contribution in [2.24, 2.45) is 0 Å². The number of rotatable bonds is 5. The predicted octanol–water partition coefficient (Wildman–Crippen LogP) is 5.62. The van der Waals surface area contributed by atoms with Gasteiger partial charge >= 0.3 is 0 Å². The van der Waals surface area contributed by atoms with Crippen molar-refractivity contribution in [2.75, 3.05) is 5.32 Å². The van der Waals surface area contributed by atoms with E-state index in [2.05, 4.69) is 23.5 Å². The molecule has 0 radical (unpaired) electrons. The highest BCUT2D eigenvalue weighted by Crippen LogP contribution is 2.26. The number of aryl methyl sites for hydroxylation is 3. The SMILES string of the molecule is Cc1cccc(NC(=O)c2ccc(COc3ccc4c(c3)CCC4)cc2)c1C. The van der Waals surface area contributed by atoms with Crippen LogP contribution in [0.15, 0.2) is 60.7 Å². The molecule has 1 aliphatic rings. The van der Waals surface area contributed by atoms with E-state index in [4.69, 9.17) is 4.74 Å². The molecular weight excluding hydrogens is 346 g/mol. The van der Waals surface area contributed by atoms with Crippen molar-refractivity contribution in [2.45, 2.75) is 39.7 Å². The second-order valence-corrected chi connectivity index (χ2v) is 7.47. The zero-order valence-corrected chi connectivity index (χ0v) is 16.4. The summed E-state index contributed by atoms with van der Waals surface area (Å²) in [6.07, 6.45) is 3.57. The van der Waals surface area contributed by atoms with Crippen LogP contribution >= 0.6 is 0 Å². The van der Waals surface area contributed by atoms with Gasteiger partial charge in [-0.3, -0.25) is 4.79 Å². The van der Waals surface area contributed by atoms with Crippen LogP contribution in [-0.4, -0.2) is 5.91 Å². The van der Waals surface area contributed by atoms with E-state index in [1.807, 2.05) is 56.3 Å². The number of anilines is 1. The standard InChI is InChI=1S/C25H25NO2/c1-17-5-3-8-24(18(17)2)26-25(27)21-11-9-19(10-12-21)16-28-23-14-13-20-6-4-7-22(20)15-23/h3,5,8-15H,4,6-7,16H2,1-2H3,(H,26,27). The first-order chi connectivity index (χ1) is 13.6. The molecule has 4 rings (SSSR count). The molecule has 0 fully saturated rings. The third-order valence-electron chi connectivity index (χ3n) is 5.54. The van der Waals surface area contributed by atoms with Crippen molar-refractivity contribution in [3.8, 4) is 5.75 Å². The molecule has 3 nitrogen and oxygen atoms in total. The number of hydrogen-bond acceptors (Lipinski definition) is 2. The summed E-state index contributed by atoms with van der Waals surface area (Å²) in [4.78, 5) is 12.5. The molecule has 28 heavy (non-hydrogen) atoms. The summed E-state index contributed by atoms with van der Waals surface area (Å²) in [5, 5.41) is 3.00. The number of amides is 1. The molecule has 0 saturated carbocycles. The minimum absolute atomic E-state index is 0.0974. The van der Waals surface area contributed by atoms with Crippen LogP contribution in [0.1, 0.15) is 44.6 Å². The average molecular weight is 371 g/mol. The summed E-state index contributed by atoms with van der Waals surface area (Å²) in [6, 6.07) is 19.9. The number of carbonyl (C=O) groups is 1. The van der Waals surface area contributed by atoms with Crippen molar-refractivity contribution >= 4 is 11.6 Å². The smallest absolute Gasteiger partial charge is 0.255 e. The first-order valence-corrected chi connectivity index (χ1v) is 9.81. The molecule has 1 N–H and O–H groups in total. The molecule has 0 spiro atoms. The van der Waals surface area contributed by atoms with Gasteiger partial charge in [0.2, 0.25) is 0 Å². The van der Waals surface area contributed by atoms with Crippen LogP contribution in [0.2, 0.25) is 0 Å². The molecule has 3 heteroatoms. The fourth-order valence-corrected chi connectivity index (χ4v) is 3.64. The summed E-state index contributed by atoms with van der Waals surface area (Å²) < 4.78 is 5.94. The Morgan fingerprint density at radius 1 is 0.964 bits per heavy atom. The molecule has 0 saturated heterocycles. The van der Waals surface area contributed by atoms with Gasteiger partial charge in [0.25, 0.3) is 5.91 Å². The molecule has 3 aromatic rings. The number of fused-ring (bicyclic) bond motifs is 1. The maximum atomic E-state index is 12.5. The number of carbonyl (C=O) groups excluding carboxylic acids is 1. The minimum atomic E-state index is -0.0974. The molecule has 1 aliphatic carbocycles. The van der Waals surface area contributed by atoms with Crippen molar-refractivity contribution < 1.29 is 9.53 Å². The predicted molar refractivity (Wildman–Crippen MR) is 113 cm³/mol. The molecule has 0 aromatic heterocycles. The van der Waals surface area contributed by atoms with Gasteiger partial charge in [-0.1, -0.05) is 30.3 Å². The molecular formula is C25H25NO2. The Balaban J connectivity index is 1.38. The zero-order chi connectivity index (χ0) is 19.5. The second-order valence-electron chi connectivity index (χ2n) is 7.47. The lowest BCUT2D eigenvalue weighted by atomic mass is 10.1. The summed E-state index contributed by atoms with van der Waals surface area (Å²) >= 11 is 0. The van der Waals surface area contributed by atoms with Crippen LogP contribution in [-0.2, 0) is 19.4 Å². The fourth-order valence-electron chi connectivity index (χ4n) is 3.64. The molecule has 0 heterocycles. The largest absolute Gasteiger partial charge is 0.489 e. The van der Waals surface area contributed by atoms with Gasteiger partial charge in [-0.2, -0.15) is 0 Å². The second kappa shape index (κ2) is 7.89. The monoisotopic (exact) mass is 371 g/mol. The van der Waals surface area contributed by atoms with Crippen LogP contribution in [0.3, 0.4) is 0 Å². The van der Waals surface area contributed by atoms with Crippen LogP contribution in [0.4, 0.5) is 5.69 Å². The fraction of sp³-hybridized carbons (Fsp3) is 0.240. The van der Waals surface area contributed by atoms with E-state index in [9.17, 15) is 4.79 Å². The molecule has 3 aromatic carbocycles. The van der Waals surface area contributed by atoms with Gasteiger partial charge < -0.3 is 10.1 Å². The summed E-state index contributed by atoms with van der Waals surface area (Å²) in [5.41, 5.74) is 7.66. The lowest BCUT2D eigenvalue weighted by molar-refractivity contribution is 0.102. The average Bonchev–Trinajstić information content (AvgIpc) is 3.18. The maximum Gasteiger partial charge on any atom is 0.255 e. The number of nitrogens with one attached hydrogen (secondary N) is 1. The Morgan fingerprint density at radius 3 is 2.57 bits per heavy atom. The molecule has 0 aliphatic heterocycles. The third kappa shape index (κ3) is 3.94. The van der Waals surface area contributed by atoms with E-state index in [0.717, 1.165) is 34.5 Å². The first-order valence-electron chi connectivity index (χ1n) is 9.81. The summed E-state index contributed by atoms with van der Waals surface area (Å²) in [5.74, 6) is 0.817. The van der Waals surface area contributed by atoms with E-state index in [1.54, 1.807) is 0 Å². The Kier molecular flexibility index (Phi) is 5.16. The molecule has 0 unspecified atom stereocenters. The Bertz CT molecular complexity index is 1010. The van der Waals surface area contributed by atoms with Crippen molar-refractivity contribution in [1.29, 1.82) is 0 Å².